The maximum Gasteiger partial charge on any atom is 0.317 e. The summed E-state index contributed by atoms with van der Waals surface area (Å²) in [5.74, 6) is 0.490. The fraction of sp³-hybridized carbons (Fsp3) is 0.458. The van der Waals surface area contributed by atoms with E-state index in [4.69, 9.17) is 9.84 Å². The van der Waals surface area contributed by atoms with Gasteiger partial charge in [0.05, 0.1) is 13.2 Å². The summed E-state index contributed by atoms with van der Waals surface area (Å²) < 4.78 is 5.97. The number of hydrogen-bond donors (Lipinski definition) is 2. The van der Waals surface area contributed by atoms with Crippen molar-refractivity contribution >= 4 is 5.97 Å². The summed E-state index contributed by atoms with van der Waals surface area (Å²) in [6, 6.07) is 16.7. The van der Waals surface area contributed by atoms with Crippen molar-refractivity contribution in [1.29, 1.82) is 0 Å². The molecule has 0 aliphatic heterocycles. The van der Waals surface area contributed by atoms with Gasteiger partial charge in [-0.05, 0) is 59.4 Å². The van der Waals surface area contributed by atoms with E-state index in [1.54, 1.807) is 0 Å². The zero-order valence-electron chi connectivity index (χ0n) is 17.1. The summed E-state index contributed by atoms with van der Waals surface area (Å²) in [6.45, 7) is 7.18. The van der Waals surface area contributed by atoms with Crippen molar-refractivity contribution in [2.24, 2.45) is 11.3 Å². The van der Waals surface area contributed by atoms with Crippen molar-refractivity contribution in [3.63, 3.8) is 0 Å². The Morgan fingerprint density at radius 3 is 2.61 bits per heavy atom. The van der Waals surface area contributed by atoms with Crippen LogP contribution in [-0.2, 0) is 17.6 Å². The molecule has 2 unspecified atom stereocenters. The van der Waals surface area contributed by atoms with E-state index < -0.39 is 5.97 Å². The lowest BCUT2D eigenvalue weighted by molar-refractivity contribution is -0.136. The average Bonchev–Trinajstić information content (AvgIpc) is 2.66. The van der Waals surface area contributed by atoms with Crippen molar-refractivity contribution in [3.8, 4) is 5.75 Å². The quantitative estimate of drug-likeness (QED) is 0.734. The van der Waals surface area contributed by atoms with Crippen molar-refractivity contribution in [3.05, 3.63) is 65.2 Å². The molecule has 28 heavy (non-hydrogen) atoms. The highest BCUT2D eigenvalue weighted by atomic mass is 16.5. The topological polar surface area (TPSA) is 58.6 Å². The van der Waals surface area contributed by atoms with Gasteiger partial charge in [-0.2, -0.15) is 0 Å². The summed E-state index contributed by atoms with van der Waals surface area (Å²) in [6.07, 6.45) is 2.97. The summed E-state index contributed by atoms with van der Waals surface area (Å²) in [5.41, 5.74) is 3.99. The van der Waals surface area contributed by atoms with Crippen LogP contribution in [0, 0.1) is 11.3 Å². The third-order valence-electron chi connectivity index (χ3n) is 5.22. The maximum absolute atomic E-state index is 11.1. The Kier molecular flexibility index (Phi) is 6.40. The Labute approximate surface area is 167 Å². The highest BCUT2D eigenvalue weighted by Gasteiger charge is 2.28. The van der Waals surface area contributed by atoms with Crippen LogP contribution in [0.25, 0.3) is 0 Å². The number of nitrogens with one attached hydrogen (secondary N) is 1. The highest BCUT2D eigenvalue weighted by molar-refractivity contribution is 5.69. The van der Waals surface area contributed by atoms with Crippen LogP contribution in [-0.4, -0.2) is 24.2 Å². The second kappa shape index (κ2) is 8.78. The minimum Gasteiger partial charge on any atom is -0.493 e. The number of aliphatic carboxylic acids is 1. The van der Waals surface area contributed by atoms with Gasteiger partial charge in [-0.15, -0.1) is 0 Å². The minimum atomic E-state index is -0.822. The van der Waals surface area contributed by atoms with E-state index in [0.717, 1.165) is 30.6 Å². The monoisotopic (exact) mass is 381 g/mol. The molecule has 2 N–H and O–H groups in total. The standard InChI is InChI=1S/C24H31NO3/c1-24(2,3)16-28-21-12-11-18-13-20(10-9-19(18)14-21)23(25-15-22(26)27)17-7-5-4-6-8-17/h4-8,11-12,14,20,23,25H,9-10,13,15-16H2,1-3H3,(H,26,27). The molecule has 0 aromatic heterocycles. The number of ether oxygens (including phenoxy) is 1. The lowest BCUT2D eigenvalue weighted by Crippen LogP contribution is -2.35. The Bertz CT molecular complexity index is 795. The molecule has 2 atom stereocenters. The lowest BCUT2D eigenvalue weighted by Gasteiger charge is -2.32. The van der Waals surface area contributed by atoms with Crippen LogP contribution in [0.15, 0.2) is 48.5 Å². The summed E-state index contributed by atoms with van der Waals surface area (Å²) in [5, 5.41) is 12.4. The first-order chi connectivity index (χ1) is 13.3. The van der Waals surface area contributed by atoms with Gasteiger partial charge in [0.15, 0.2) is 0 Å². The zero-order valence-corrected chi connectivity index (χ0v) is 17.1. The van der Waals surface area contributed by atoms with E-state index in [2.05, 4.69) is 56.4 Å². The first-order valence-corrected chi connectivity index (χ1v) is 10.1. The molecule has 0 radical (unpaired) electrons. The van der Waals surface area contributed by atoms with Crippen LogP contribution in [0.4, 0.5) is 0 Å². The number of carbonyl (C=O) groups is 1. The van der Waals surface area contributed by atoms with Gasteiger partial charge in [-0.25, -0.2) is 0 Å². The van der Waals surface area contributed by atoms with Gasteiger partial charge < -0.3 is 9.84 Å². The molecule has 3 rings (SSSR count). The number of hydrogen-bond acceptors (Lipinski definition) is 3. The highest BCUT2D eigenvalue weighted by Crippen LogP contribution is 2.35. The SMILES string of the molecule is CC(C)(C)COc1ccc2c(c1)CCC(C(NCC(=O)O)c1ccccc1)C2. The number of benzene rings is 2. The van der Waals surface area contributed by atoms with Crippen LogP contribution >= 0.6 is 0 Å². The predicted octanol–water partition coefficient (Wildman–Crippen LogP) is 4.63. The van der Waals surface area contributed by atoms with Crippen molar-refractivity contribution in [2.75, 3.05) is 13.2 Å². The van der Waals surface area contributed by atoms with Gasteiger partial charge in [0.2, 0.25) is 0 Å². The van der Waals surface area contributed by atoms with Gasteiger partial charge in [-0.1, -0.05) is 57.2 Å². The van der Waals surface area contributed by atoms with Crippen molar-refractivity contribution < 1.29 is 14.6 Å². The second-order valence-electron chi connectivity index (χ2n) is 8.95. The molecule has 0 amide bonds. The Hall–Kier alpha value is -2.33. The number of rotatable bonds is 7. The van der Waals surface area contributed by atoms with E-state index >= 15 is 0 Å². The number of aryl methyl sites for hydroxylation is 1. The summed E-state index contributed by atoms with van der Waals surface area (Å²) >= 11 is 0. The van der Waals surface area contributed by atoms with E-state index in [1.807, 2.05) is 18.2 Å². The maximum atomic E-state index is 11.1. The fourth-order valence-electron chi connectivity index (χ4n) is 3.85. The summed E-state index contributed by atoms with van der Waals surface area (Å²) in [4.78, 5) is 11.1. The van der Waals surface area contributed by atoms with Gasteiger partial charge in [0.25, 0.3) is 0 Å². The van der Waals surface area contributed by atoms with Crippen LogP contribution in [0.3, 0.4) is 0 Å². The molecule has 1 aliphatic rings. The predicted molar refractivity (Wildman–Crippen MR) is 112 cm³/mol. The van der Waals surface area contributed by atoms with Crippen molar-refractivity contribution in [1.82, 2.24) is 5.32 Å². The molecule has 0 fully saturated rings. The van der Waals surface area contributed by atoms with E-state index in [9.17, 15) is 4.79 Å². The number of carboxylic acid groups (broad SMARTS) is 1. The lowest BCUT2D eigenvalue weighted by atomic mass is 9.78. The fourth-order valence-corrected chi connectivity index (χ4v) is 3.85. The summed E-state index contributed by atoms with van der Waals surface area (Å²) in [7, 11) is 0. The van der Waals surface area contributed by atoms with Gasteiger partial charge in [0.1, 0.15) is 5.75 Å². The van der Waals surface area contributed by atoms with E-state index in [1.165, 1.54) is 11.1 Å². The largest absolute Gasteiger partial charge is 0.493 e. The molecule has 0 heterocycles. The van der Waals surface area contributed by atoms with Crippen LogP contribution in [0.2, 0.25) is 0 Å². The third-order valence-corrected chi connectivity index (χ3v) is 5.22. The van der Waals surface area contributed by atoms with Crippen LogP contribution in [0.5, 0.6) is 5.75 Å². The Morgan fingerprint density at radius 2 is 1.93 bits per heavy atom. The molecule has 4 heteroatoms. The molecule has 0 bridgehead atoms. The van der Waals surface area contributed by atoms with Crippen molar-refractivity contribution in [2.45, 2.75) is 46.1 Å². The average molecular weight is 382 g/mol. The molecule has 1 aliphatic carbocycles. The third kappa shape index (κ3) is 5.59. The van der Waals surface area contributed by atoms with E-state index in [-0.39, 0.29) is 18.0 Å². The second-order valence-corrected chi connectivity index (χ2v) is 8.95. The molecule has 0 spiro atoms. The van der Waals surface area contributed by atoms with E-state index in [0.29, 0.717) is 12.5 Å². The molecule has 0 saturated heterocycles. The zero-order chi connectivity index (χ0) is 20.1. The molecule has 2 aromatic carbocycles. The molecular formula is C24H31NO3. The Morgan fingerprint density at radius 1 is 1.18 bits per heavy atom. The molecule has 4 nitrogen and oxygen atoms in total. The number of carboxylic acids is 1. The minimum absolute atomic E-state index is 0.0253. The van der Waals surface area contributed by atoms with Gasteiger partial charge in [-0.3, -0.25) is 10.1 Å². The first-order valence-electron chi connectivity index (χ1n) is 10.1. The smallest absolute Gasteiger partial charge is 0.317 e. The Balaban J connectivity index is 1.73. The molecular weight excluding hydrogens is 350 g/mol. The first kappa shape index (κ1) is 20.4. The molecule has 150 valence electrons. The van der Waals surface area contributed by atoms with Gasteiger partial charge in [0, 0.05) is 6.04 Å². The van der Waals surface area contributed by atoms with Gasteiger partial charge >= 0.3 is 5.97 Å². The van der Waals surface area contributed by atoms with Crippen LogP contribution in [0.1, 0.15) is 49.9 Å². The number of fused-ring (bicyclic) bond motifs is 1. The molecule has 2 aromatic rings. The normalized spacial score (nSPS) is 17.6. The molecule has 0 saturated carbocycles. The van der Waals surface area contributed by atoms with Crippen LogP contribution < -0.4 is 10.1 Å².